The molecule has 0 aromatic carbocycles. The number of anilines is 1. The van der Waals surface area contributed by atoms with Crippen molar-refractivity contribution >= 4 is 17.3 Å². The Morgan fingerprint density at radius 3 is 2.95 bits per heavy atom. The Bertz CT molecular complexity index is 496. The maximum absolute atomic E-state index is 12.2. The summed E-state index contributed by atoms with van der Waals surface area (Å²) >= 11 is 6.26. The fraction of sp³-hybridized carbons (Fsp3) is 0.714. The standard InChI is InChI=1S/C14H23ClN4O/c1-3-8-19-14(20)13(15)12(9-17-19)18(4-2)10-11-6-5-7-16-11/h9,11,16H,3-8,10H2,1-2H3. The van der Waals surface area contributed by atoms with Crippen LogP contribution >= 0.6 is 11.6 Å². The predicted octanol–water partition coefficient (Wildman–Crippen LogP) is 1.88. The van der Waals surface area contributed by atoms with Crippen molar-refractivity contribution < 1.29 is 0 Å². The average Bonchev–Trinajstić information content (AvgIpc) is 2.95. The van der Waals surface area contributed by atoms with Crippen LogP contribution in [0.4, 0.5) is 5.69 Å². The highest BCUT2D eigenvalue weighted by atomic mass is 35.5. The van der Waals surface area contributed by atoms with Gasteiger partial charge in [0.15, 0.2) is 0 Å². The number of hydrogen-bond acceptors (Lipinski definition) is 4. The number of aryl methyl sites for hydroxylation is 1. The highest BCUT2D eigenvalue weighted by Gasteiger charge is 2.20. The molecule has 1 unspecified atom stereocenters. The second kappa shape index (κ2) is 7.09. The first kappa shape index (κ1) is 15.3. The molecule has 6 heteroatoms. The summed E-state index contributed by atoms with van der Waals surface area (Å²) in [5.41, 5.74) is 0.559. The van der Waals surface area contributed by atoms with Crippen molar-refractivity contribution in [3.05, 3.63) is 21.6 Å². The van der Waals surface area contributed by atoms with Crippen LogP contribution in [-0.4, -0.2) is 35.5 Å². The van der Waals surface area contributed by atoms with Gasteiger partial charge in [-0.15, -0.1) is 0 Å². The van der Waals surface area contributed by atoms with Crippen LogP contribution in [0.2, 0.25) is 5.02 Å². The molecule has 2 rings (SSSR count). The molecule has 0 amide bonds. The molecule has 0 radical (unpaired) electrons. The Morgan fingerprint density at radius 2 is 2.35 bits per heavy atom. The van der Waals surface area contributed by atoms with Gasteiger partial charge >= 0.3 is 0 Å². The van der Waals surface area contributed by atoms with Crippen LogP contribution in [0.1, 0.15) is 33.1 Å². The summed E-state index contributed by atoms with van der Waals surface area (Å²) in [4.78, 5) is 14.3. The molecule has 1 aliphatic heterocycles. The van der Waals surface area contributed by atoms with Crippen molar-refractivity contribution in [1.29, 1.82) is 0 Å². The van der Waals surface area contributed by atoms with Crippen LogP contribution in [0, 0.1) is 0 Å². The van der Waals surface area contributed by atoms with E-state index in [1.54, 1.807) is 6.20 Å². The summed E-state index contributed by atoms with van der Waals surface area (Å²) in [7, 11) is 0. The minimum Gasteiger partial charge on any atom is -0.368 e. The molecule has 1 atom stereocenters. The molecular weight excluding hydrogens is 276 g/mol. The number of nitrogens with one attached hydrogen (secondary N) is 1. The topological polar surface area (TPSA) is 50.2 Å². The van der Waals surface area contributed by atoms with Gasteiger partial charge in [-0.1, -0.05) is 18.5 Å². The van der Waals surface area contributed by atoms with Crippen LogP contribution in [0.15, 0.2) is 11.0 Å². The molecule has 20 heavy (non-hydrogen) atoms. The molecule has 1 saturated heterocycles. The van der Waals surface area contributed by atoms with Crippen molar-refractivity contribution in [2.24, 2.45) is 0 Å². The molecule has 1 aromatic rings. The van der Waals surface area contributed by atoms with Crippen LogP contribution < -0.4 is 15.8 Å². The maximum atomic E-state index is 12.2. The molecule has 0 aliphatic carbocycles. The van der Waals surface area contributed by atoms with E-state index in [9.17, 15) is 4.79 Å². The highest BCUT2D eigenvalue weighted by Crippen LogP contribution is 2.22. The van der Waals surface area contributed by atoms with Gasteiger partial charge in [0.05, 0.1) is 11.9 Å². The van der Waals surface area contributed by atoms with E-state index >= 15 is 0 Å². The third-order valence-electron chi connectivity index (χ3n) is 3.73. The fourth-order valence-electron chi connectivity index (χ4n) is 2.62. The van der Waals surface area contributed by atoms with Crippen LogP contribution in [-0.2, 0) is 6.54 Å². The molecule has 1 aromatic heterocycles. The van der Waals surface area contributed by atoms with Crippen molar-refractivity contribution in [3.8, 4) is 0 Å². The molecule has 1 fully saturated rings. The first-order valence-electron chi connectivity index (χ1n) is 7.41. The monoisotopic (exact) mass is 298 g/mol. The maximum Gasteiger partial charge on any atom is 0.287 e. The average molecular weight is 299 g/mol. The van der Waals surface area contributed by atoms with E-state index in [0.717, 1.165) is 31.7 Å². The molecule has 1 aliphatic rings. The minimum atomic E-state index is -0.191. The molecule has 2 heterocycles. The number of aromatic nitrogens is 2. The first-order chi connectivity index (χ1) is 9.67. The van der Waals surface area contributed by atoms with Crippen molar-refractivity contribution in [1.82, 2.24) is 15.1 Å². The van der Waals surface area contributed by atoms with E-state index in [0.29, 0.717) is 12.6 Å². The van der Waals surface area contributed by atoms with E-state index in [-0.39, 0.29) is 10.6 Å². The number of hydrogen-bond donors (Lipinski definition) is 1. The number of likely N-dealkylation sites (N-methyl/N-ethyl adjacent to an activating group) is 1. The zero-order valence-corrected chi connectivity index (χ0v) is 13.0. The predicted molar refractivity (Wildman–Crippen MR) is 82.7 cm³/mol. The van der Waals surface area contributed by atoms with E-state index in [2.05, 4.69) is 22.2 Å². The summed E-state index contributed by atoms with van der Waals surface area (Å²) in [6.45, 7) is 7.45. The Hall–Kier alpha value is -1.07. The Labute approximate surface area is 124 Å². The van der Waals surface area contributed by atoms with Gasteiger partial charge in [0.2, 0.25) is 0 Å². The third kappa shape index (κ3) is 3.33. The van der Waals surface area contributed by atoms with Crippen molar-refractivity contribution in [2.45, 2.75) is 45.7 Å². The van der Waals surface area contributed by atoms with E-state index in [1.165, 1.54) is 17.5 Å². The summed E-state index contributed by atoms with van der Waals surface area (Å²) < 4.78 is 1.44. The summed E-state index contributed by atoms with van der Waals surface area (Å²) in [5.74, 6) is 0. The SMILES string of the molecule is CCCn1ncc(N(CC)CC2CCCN2)c(Cl)c1=O. The van der Waals surface area contributed by atoms with Gasteiger partial charge in [0, 0.05) is 25.7 Å². The lowest BCUT2D eigenvalue weighted by Gasteiger charge is -2.27. The van der Waals surface area contributed by atoms with Crippen LogP contribution in [0.25, 0.3) is 0 Å². The Kier molecular flexibility index (Phi) is 5.43. The number of halogens is 1. The van der Waals surface area contributed by atoms with Crippen LogP contribution in [0.3, 0.4) is 0 Å². The summed E-state index contributed by atoms with van der Waals surface area (Å²) in [6, 6.07) is 0.476. The second-order valence-corrected chi connectivity index (χ2v) is 5.58. The second-order valence-electron chi connectivity index (χ2n) is 5.20. The zero-order valence-electron chi connectivity index (χ0n) is 12.2. The van der Waals surface area contributed by atoms with Gasteiger partial charge in [-0.2, -0.15) is 5.10 Å². The normalized spacial score (nSPS) is 18.4. The fourth-order valence-corrected chi connectivity index (χ4v) is 2.89. The van der Waals surface area contributed by atoms with Crippen molar-refractivity contribution in [2.75, 3.05) is 24.5 Å². The van der Waals surface area contributed by atoms with E-state index < -0.39 is 0 Å². The largest absolute Gasteiger partial charge is 0.368 e. The summed E-state index contributed by atoms with van der Waals surface area (Å²) in [5, 5.41) is 7.98. The van der Waals surface area contributed by atoms with Gasteiger partial charge in [-0.3, -0.25) is 4.79 Å². The van der Waals surface area contributed by atoms with Gasteiger partial charge in [0.1, 0.15) is 5.02 Å². The number of rotatable bonds is 6. The van der Waals surface area contributed by atoms with Crippen molar-refractivity contribution in [3.63, 3.8) is 0 Å². The molecule has 0 bridgehead atoms. The van der Waals surface area contributed by atoms with Gasteiger partial charge < -0.3 is 10.2 Å². The zero-order chi connectivity index (χ0) is 14.5. The molecule has 0 spiro atoms. The smallest absolute Gasteiger partial charge is 0.287 e. The molecule has 0 saturated carbocycles. The minimum absolute atomic E-state index is 0.191. The molecule has 5 nitrogen and oxygen atoms in total. The lowest BCUT2D eigenvalue weighted by molar-refractivity contribution is 0.560. The Balaban J connectivity index is 2.20. The molecule has 1 N–H and O–H groups in total. The van der Waals surface area contributed by atoms with Gasteiger partial charge in [-0.25, -0.2) is 4.68 Å². The lowest BCUT2D eigenvalue weighted by Crippen LogP contribution is -2.38. The summed E-state index contributed by atoms with van der Waals surface area (Å²) in [6.07, 6.45) is 4.98. The third-order valence-corrected chi connectivity index (χ3v) is 4.08. The lowest BCUT2D eigenvalue weighted by atomic mass is 10.2. The highest BCUT2D eigenvalue weighted by molar-refractivity contribution is 6.33. The van der Waals surface area contributed by atoms with E-state index in [4.69, 9.17) is 11.6 Å². The molecular formula is C14H23ClN4O. The van der Waals surface area contributed by atoms with Gasteiger partial charge in [0.25, 0.3) is 5.56 Å². The first-order valence-corrected chi connectivity index (χ1v) is 7.79. The van der Waals surface area contributed by atoms with Crippen LogP contribution in [0.5, 0.6) is 0 Å². The quantitative estimate of drug-likeness (QED) is 0.871. The molecule has 112 valence electrons. The van der Waals surface area contributed by atoms with E-state index in [1.807, 2.05) is 6.92 Å². The number of nitrogens with zero attached hydrogens (tertiary/aromatic N) is 3. The van der Waals surface area contributed by atoms with Gasteiger partial charge in [-0.05, 0) is 32.7 Å². The Morgan fingerprint density at radius 1 is 1.55 bits per heavy atom.